The van der Waals surface area contributed by atoms with Crippen LogP contribution in [0, 0.1) is 0 Å². The fraction of sp³-hybridized carbons (Fsp3) is 0.190. The molecule has 1 aliphatic heterocycles. The average molecular weight is 505 g/mol. The highest BCUT2D eigenvalue weighted by Crippen LogP contribution is 2.37. The number of carbonyl (C=O) groups excluding carboxylic acids is 1. The van der Waals surface area contributed by atoms with Crippen LogP contribution in [-0.2, 0) is 14.8 Å². The Balaban J connectivity index is 1.59. The van der Waals surface area contributed by atoms with Crippen molar-refractivity contribution in [2.75, 3.05) is 29.0 Å². The van der Waals surface area contributed by atoms with Crippen molar-refractivity contribution >= 4 is 49.8 Å². The number of rotatable bonds is 8. The number of aromatic nitrogens is 2. The highest BCUT2D eigenvalue weighted by molar-refractivity contribution is 8.01. The number of nitrogens with zero attached hydrogens (tertiary/aromatic N) is 3. The van der Waals surface area contributed by atoms with Crippen molar-refractivity contribution < 1.29 is 22.7 Å². The van der Waals surface area contributed by atoms with Gasteiger partial charge < -0.3 is 9.47 Å². The number of hydrogen-bond acceptors (Lipinski definition) is 9. The summed E-state index contributed by atoms with van der Waals surface area (Å²) in [6.45, 7) is 3.46. The van der Waals surface area contributed by atoms with Gasteiger partial charge in [0.05, 0.1) is 24.2 Å². The van der Waals surface area contributed by atoms with Gasteiger partial charge in [-0.15, -0.1) is 16.8 Å². The van der Waals surface area contributed by atoms with Crippen molar-refractivity contribution in [2.45, 2.75) is 15.3 Å². The summed E-state index contributed by atoms with van der Waals surface area (Å²) in [7, 11) is -2.46. The van der Waals surface area contributed by atoms with Gasteiger partial charge in [-0.1, -0.05) is 41.3 Å². The number of para-hydroxylation sites is 2. The predicted octanol–water partition coefficient (Wildman–Crippen LogP) is 3.42. The van der Waals surface area contributed by atoms with E-state index in [4.69, 9.17) is 9.47 Å². The van der Waals surface area contributed by atoms with E-state index in [0.717, 1.165) is 0 Å². The SMILES string of the molecule is C=CCSc1nnc(NC(=O)[C@H]2CN(S(=O)(=O)c3ccc(OC)cc3)c3ccccc3O2)s1. The number of benzene rings is 2. The standard InChI is InChI=1S/C21H20N4O5S3/c1-3-12-31-21-24-23-20(32-21)22-19(26)18-13-25(16-6-4-5-7-17(16)30-18)33(27,28)15-10-8-14(29-2)9-11-15/h3-11,18H,1,12-13H2,2H3,(H,22,23,26)/t18-/m1/s1. The van der Waals surface area contributed by atoms with Crippen molar-refractivity contribution in [3.8, 4) is 11.5 Å². The summed E-state index contributed by atoms with van der Waals surface area (Å²) >= 11 is 2.67. The van der Waals surface area contributed by atoms with Crippen LogP contribution < -0.4 is 19.1 Å². The summed E-state index contributed by atoms with van der Waals surface area (Å²) in [5.74, 6) is 0.983. The Morgan fingerprint density at radius 3 is 2.79 bits per heavy atom. The Labute approximate surface area is 199 Å². The summed E-state index contributed by atoms with van der Waals surface area (Å²) in [5, 5.41) is 10.9. The lowest BCUT2D eigenvalue weighted by Gasteiger charge is -2.34. The zero-order valence-corrected chi connectivity index (χ0v) is 20.0. The van der Waals surface area contributed by atoms with Crippen LogP contribution in [0.5, 0.6) is 11.5 Å². The molecule has 1 N–H and O–H groups in total. The highest BCUT2D eigenvalue weighted by atomic mass is 32.2. The molecule has 1 aromatic heterocycles. The van der Waals surface area contributed by atoms with Gasteiger partial charge >= 0.3 is 0 Å². The van der Waals surface area contributed by atoms with Crippen LogP contribution in [-0.4, -0.2) is 50.0 Å². The molecule has 0 aliphatic carbocycles. The molecular weight excluding hydrogens is 484 g/mol. The maximum atomic E-state index is 13.4. The minimum atomic E-state index is -3.97. The fourth-order valence-corrected chi connectivity index (χ4v) is 6.07. The summed E-state index contributed by atoms with van der Waals surface area (Å²) < 4.78 is 39.7. The molecular formula is C21H20N4O5S3. The molecule has 0 saturated heterocycles. The van der Waals surface area contributed by atoms with Gasteiger partial charge in [-0.25, -0.2) is 8.42 Å². The molecule has 1 atom stereocenters. The predicted molar refractivity (Wildman–Crippen MR) is 128 cm³/mol. The van der Waals surface area contributed by atoms with E-state index in [1.54, 1.807) is 42.5 Å². The molecule has 3 aromatic rings. The van der Waals surface area contributed by atoms with Crippen LogP contribution in [0.15, 0.2) is 70.4 Å². The summed E-state index contributed by atoms with van der Waals surface area (Å²) in [5.41, 5.74) is 0.358. The molecule has 0 saturated carbocycles. The molecule has 1 amide bonds. The number of thioether (sulfide) groups is 1. The lowest BCUT2D eigenvalue weighted by molar-refractivity contribution is -0.122. The summed E-state index contributed by atoms with van der Waals surface area (Å²) in [4.78, 5) is 13.0. The second-order valence-electron chi connectivity index (χ2n) is 6.75. The Kier molecular flexibility index (Phi) is 6.86. The van der Waals surface area contributed by atoms with Gasteiger partial charge in [-0.05, 0) is 36.4 Å². The van der Waals surface area contributed by atoms with Crippen molar-refractivity contribution in [1.82, 2.24) is 10.2 Å². The monoisotopic (exact) mass is 504 g/mol. The van der Waals surface area contributed by atoms with Gasteiger partial charge in [0.15, 0.2) is 10.4 Å². The summed E-state index contributed by atoms with van der Waals surface area (Å²) in [6.07, 6.45) is 0.663. The number of carbonyl (C=O) groups is 1. The molecule has 9 nitrogen and oxygen atoms in total. The lowest BCUT2D eigenvalue weighted by atomic mass is 10.2. The third kappa shape index (κ3) is 4.97. The Bertz CT molecular complexity index is 1260. The van der Waals surface area contributed by atoms with Crippen LogP contribution in [0.25, 0.3) is 0 Å². The molecule has 2 aromatic carbocycles. The van der Waals surface area contributed by atoms with Gasteiger partial charge in [0.1, 0.15) is 11.5 Å². The van der Waals surface area contributed by atoms with Gasteiger partial charge in [-0.2, -0.15) is 0 Å². The van der Waals surface area contributed by atoms with Crippen LogP contribution in [0.2, 0.25) is 0 Å². The molecule has 12 heteroatoms. The molecule has 1 aliphatic rings. The molecule has 172 valence electrons. The number of fused-ring (bicyclic) bond motifs is 1. The number of amides is 1. The highest BCUT2D eigenvalue weighted by Gasteiger charge is 2.37. The molecule has 4 rings (SSSR count). The van der Waals surface area contributed by atoms with E-state index in [2.05, 4.69) is 22.1 Å². The first kappa shape index (κ1) is 23.1. The minimum absolute atomic E-state index is 0.0761. The van der Waals surface area contributed by atoms with Crippen molar-refractivity contribution in [3.05, 3.63) is 61.2 Å². The van der Waals surface area contributed by atoms with Crippen LogP contribution in [0.4, 0.5) is 10.8 Å². The first-order valence-electron chi connectivity index (χ1n) is 9.73. The number of ether oxygens (including phenoxy) is 2. The topological polar surface area (TPSA) is 111 Å². The van der Waals surface area contributed by atoms with Gasteiger partial charge in [0, 0.05) is 5.75 Å². The van der Waals surface area contributed by atoms with E-state index in [9.17, 15) is 13.2 Å². The van der Waals surface area contributed by atoms with Gasteiger partial charge in [-0.3, -0.25) is 14.4 Å². The third-order valence-electron chi connectivity index (χ3n) is 4.64. The molecule has 0 fully saturated rings. The smallest absolute Gasteiger partial charge is 0.269 e. The van der Waals surface area contributed by atoms with Crippen molar-refractivity contribution in [1.29, 1.82) is 0 Å². The zero-order valence-electron chi connectivity index (χ0n) is 17.5. The normalized spacial score (nSPS) is 15.3. The number of anilines is 2. The van der Waals surface area contributed by atoms with Crippen molar-refractivity contribution in [2.24, 2.45) is 0 Å². The molecule has 2 heterocycles. The first-order chi connectivity index (χ1) is 15.9. The second kappa shape index (κ2) is 9.81. The molecule has 0 radical (unpaired) electrons. The number of hydrogen-bond donors (Lipinski definition) is 1. The van der Waals surface area contributed by atoms with Gasteiger partial charge in [0.25, 0.3) is 15.9 Å². The van der Waals surface area contributed by atoms with Crippen LogP contribution in [0.1, 0.15) is 0 Å². The van der Waals surface area contributed by atoms with E-state index in [0.29, 0.717) is 32.4 Å². The third-order valence-corrected chi connectivity index (χ3v) is 8.40. The Morgan fingerprint density at radius 2 is 2.06 bits per heavy atom. The number of sulfonamides is 1. The van der Waals surface area contributed by atoms with E-state index in [-0.39, 0.29) is 11.4 Å². The van der Waals surface area contributed by atoms with E-state index >= 15 is 0 Å². The van der Waals surface area contributed by atoms with E-state index in [1.807, 2.05) is 0 Å². The average Bonchev–Trinajstić information content (AvgIpc) is 3.29. The van der Waals surface area contributed by atoms with E-state index in [1.165, 1.54) is 46.6 Å². The fourth-order valence-electron chi connectivity index (χ4n) is 3.08. The summed E-state index contributed by atoms with van der Waals surface area (Å²) in [6, 6.07) is 12.8. The first-order valence-corrected chi connectivity index (χ1v) is 13.0. The maximum absolute atomic E-state index is 13.4. The second-order valence-corrected chi connectivity index (χ2v) is 10.9. The quantitative estimate of drug-likeness (QED) is 0.282. The molecule has 0 bridgehead atoms. The van der Waals surface area contributed by atoms with Gasteiger partial charge in [0.2, 0.25) is 5.13 Å². The van der Waals surface area contributed by atoms with Crippen molar-refractivity contribution in [3.63, 3.8) is 0 Å². The molecule has 0 unspecified atom stereocenters. The molecule has 0 spiro atoms. The van der Waals surface area contributed by atoms with Crippen LogP contribution >= 0.6 is 23.1 Å². The maximum Gasteiger partial charge on any atom is 0.269 e. The van der Waals surface area contributed by atoms with E-state index < -0.39 is 22.0 Å². The largest absolute Gasteiger partial charge is 0.497 e. The lowest BCUT2D eigenvalue weighted by Crippen LogP contribution is -2.48. The molecule has 33 heavy (non-hydrogen) atoms. The Hall–Kier alpha value is -3.09. The van der Waals surface area contributed by atoms with Crippen LogP contribution in [0.3, 0.4) is 0 Å². The zero-order chi connectivity index (χ0) is 23.4. The Morgan fingerprint density at radius 1 is 1.30 bits per heavy atom. The number of nitrogens with one attached hydrogen (secondary N) is 1. The number of methoxy groups -OCH3 is 1. The minimum Gasteiger partial charge on any atom is -0.497 e.